The van der Waals surface area contributed by atoms with Crippen molar-refractivity contribution in [3.63, 3.8) is 0 Å². The zero-order valence-corrected chi connectivity index (χ0v) is 20.9. The number of carbonyl (C=O) groups excluding carboxylic acids is 2. The van der Waals surface area contributed by atoms with E-state index in [4.69, 9.17) is 0 Å². The smallest absolute Gasteiger partial charge is 0.235 e. The average Bonchev–Trinajstić information content (AvgIpc) is 2.89. The molecular weight excluding hydrogens is 433 g/mol. The number of benzene rings is 1. The molecule has 31 heavy (non-hydrogen) atoms. The minimum Gasteiger partial charge on any atom is -0.369 e. The normalized spacial score (nSPS) is 27.7. The number of imide groups is 1. The van der Waals surface area contributed by atoms with Gasteiger partial charge < -0.3 is 4.90 Å². The molecule has 2 saturated heterocycles. The summed E-state index contributed by atoms with van der Waals surface area (Å²) in [5.41, 5.74) is 1.99. The molecule has 0 spiro atoms. The molecule has 1 aliphatic carbocycles. The van der Waals surface area contributed by atoms with Gasteiger partial charge in [-0.25, -0.2) is 0 Å². The Morgan fingerprint density at radius 1 is 0.935 bits per heavy atom. The van der Waals surface area contributed by atoms with E-state index in [0.717, 1.165) is 52.0 Å². The molecule has 0 aromatic heterocycles. The van der Waals surface area contributed by atoms with Gasteiger partial charge in [0.25, 0.3) is 0 Å². The molecule has 1 aromatic carbocycles. The van der Waals surface area contributed by atoms with Crippen molar-refractivity contribution in [3.05, 3.63) is 29.8 Å². The van der Waals surface area contributed by atoms with E-state index >= 15 is 0 Å². The van der Waals surface area contributed by atoms with E-state index in [1.165, 1.54) is 11.3 Å². The Balaban J connectivity index is 0.00000171. The first-order chi connectivity index (χ1) is 13.7. The van der Waals surface area contributed by atoms with Crippen LogP contribution in [0.25, 0.3) is 0 Å². The number of rotatable bonds is 5. The summed E-state index contributed by atoms with van der Waals surface area (Å²) in [4.78, 5) is 32.6. The number of carbonyl (C=O) groups is 2. The van der Waals surface area contributed by atoms with Crippen LogP contribution in [0.15, 0.2) is 24.3 Å². The van der Waals surface area contributed by atoms with Crippen molar-refractivity contribution >= 4 is 42.3 Å². The van der Waals surface area contributed by atoms with Gasteiger partial charge in [-0.1, -0.05) is 38.5 Å². The van der Waals surface area contributed by atoms with Crippen LogP contribution in [0.3, 0.4) is 0 Å². The van der Waals surface area contributed by atoms with Crippen LogP contribution in [-0.2, 0) is 9.59 Å². The van der Waals surface area contributed by atoms with Crippen LogP contribution in [0, 0.1) is 23.7 Å². The number of nitrogens with zero attached hydrogens (tertiary/aromatic N) is 3. The highest BCUT2D eigenvalue weighted by molar-refractivity contribution is 6.03. The summed E-state index contributed by atoms with van der Waals surface area (Å²) in [6.45, 7) is 14.0. The SMILES string of the molecule is Cc1ccc(N2CCN(CCCN3C(=O)C4CCC(C)(C3=O)C4(C)C)CC2)cc1.Cl.Cl. The van der Waals surface area contributed by atoms with Gasteiger partial charge in [-0.05, 0) is 50.3 Å². The van der Waals surface area contributed by atoms with E-state index in [0.29, 0.717) is 6.54 Å². The maximum absolute atomic E-state index is 13.1. The van der Waals surface area contributed by atoms with Gasteiger partial charge in [-0.2, -0.15) is 0 Å². The molecule has 3 aliphatic rings. The van der Waals surface area contributed by atoms with Crippen molar-refractivity contribution in [1.82, 2.24) is 9.80 Å². The van der Waals surface area contributed by atoms with Crippen LogP contribution in [0.2, 0.25) is 0 Å². The van der Waals surface area contributed by atoms with Crippen molar-refractivity contribution in [2.24, 2.45) is 16.7 Å². The highest BCUT2D eigenvalue weighted by Crippen LogP contribution is 2.60. The summed E-state index contributed by atoms with van der Waals surface area (Å²) in [6, 6.07) is 8.75. The van der Waals surface area contributed by atoms with Gasteiger partial charge >= 0.3 is 0 Å². The maximum Gasteiger partial charge on any atom is 0.235 e. The first-order valence-electron chi connectivity index (χ1n) is 11.1. The summed E-state index contributed by atoms with van der Waals surface area (Å²) in [6.07, 6.45) is 2.56. The lowest BCUT2D eigenvalue weighted by Crippen LogP contribution is -2.59. The Hall–Kier alpha value is -1.30. The zero-order chi connectivity index (χ0) is 20.8. The Morgan fingerprint density at radius 3 is 2.16 bits per heavy atom. The number of aryl methyl sites for hydroxylation is 1. The molecule has 3 fully saturated rings. The van der Waals surface area contributed by atoms with Crippen molar-refractivity contribution < 1.29 is 9.59 Å². The minimum atomic E-state index is -0.384. The minimum absolute atomic E-state index is 0. The number of anilines is 1. The third kappa shape index (κ3) is 4.46. The van der Waals surface area contributed by atoms with Crippen LogP contribution in [-0.4, -0.2) is 60.9 Å². The zero-order valence-electron chi connectivity index (χ0n) is 19.2. The third-order valence-electron chi connectivity index (χ3n) is 8.14. The van der Waals surface area contributed by atoms with E-state index in [1.807, 2.05) is 0 Å². The fraction of sp³-hybridized carbons (Fsp3) is 0.667. The van der Waals surface area contributed by atoms with Crippen LogP contribution < -0.4 is 4.90 Å². The molecule has 5 nitrogen and oxygen atoms in total. The molecule has 4 rings (SSSR count). The molecule has 0 radical (unpaired) electrons. The molecule has 7 heteroatoms. The van der Waals surface area contributed by atoms with Crippen molar-refractivity contribution in [2.45, 2.75) is 47.0 Å². The Bertz CT molecular complexity index is 791. The lowest BCUT2D eigenvalue weighted by molar-refractivity contribution is -0.167. The number of piperidine rings is 1. The predicted molar refractivity (Wildman–Crippen MR) is 130 cm³/mol. The standard InChI is InChI=1S/C24H35N3O2.2ClH/c1-18-6-8-19(9-7-18)26-16-14-25(15-17-26)12-5-13-27-21(28)20-10-11-24(4,22(27)29)23(20,2)3;;/h6-9,20H,5,10-17H2,1-4H3;2*1H. The lowest BCUT2D eigenvalue weighted by Gasteiger charge is -2.47. The van der Waals surface area contributed by atoms with E-state index in [-0.39, 0.29) is 53.4 Å². The number of piperazine rings is 1. The van der Waals surface area contributed by atoms with Gasteiger partial charge in [0.15, 0.2) is 0 Å². The Labute approximate surface area is 199 Å². The van der Waals surface area contributed by atoms with Gasteiger partial charge in [0.1, 0.15) is 0 Å². The molecule has 2 unspecified atom stereocenters. The topological polar surface area (TPSA) is 43.9 Å². The highest BCUT2D eigenvalue weighted by Gasteiger charge is 2.64. The quantitative estimate of drug-likeness (QED) is 0.607. The summed E-state index contributed by atoms with van der Waals surface area (Å²) < 4.78 is 0. The average molecular weight is 470 g/mol. The molecule has 1 aromatic rings. The molecule has 174 valence electrons. The van der Waals surface area contributed by atoms with E-state index < -0.39 is 0 Å². The summed E-state index contributed by atoms with van der Waals surface area (Å²) in [5.74, 6) is 0.132. The predicted octanol–water partition coefficient (Wildman–Crippen LogP) is 4.16. The largest absolute Gasteiger partial charge is 0.369 e. The Morgan fingerprint density at radius 2 is 1.55 bits per heavy atom. The third-order valence-corrected chi connectivity index (χ3v) is 8.14. The van der Waals surface area contributed by atoms with Crippen LogP contribution >= 0.6 is 24.8 Å². The number of hydrogen-bond donors (Lipinski definition) is 0. The first kappa shape index (κ1) is 26.0. The molecule has 1 saturated carbocycles. The maximum atomic E-state index is 13.1. The number of amides is 2. The van der Waals surface area contributed by atoms with Crippen molar-refractivity contribution in [3.8, 4) is 0 Å². The van der Waals surface area contributed by atoms with E-state index in [1.54, 1.807) is 4.90 Å². The summed E-state index contributed by atoms with van der Waals surface area (Å²) in [7, 11) is 0. The summed E-state index contributed by atoms with van der Waals surface area (Å²) >= 11 is 0. The van der Waals surface area contributed by atoms with E-state index in [2.05, 4.69) is 61.8 Å². The lowest BCUT2D eigenvalue weighted by atomic mass is 9.62. The van der Waals surface area contributed by atoms with Gasteiger partial charge in [0, 0.05) is 44.3 Å². The molecule has 2 amide bonds. The number of halogens is 2. The number of hydrogen-bond acceptors (Lipinski definition) is 4. The molecule has 2 atom stereocenters. The second-order valence-corrected chi connectivity index (χ2v) is 9.96. The molecule has 0 N–H and O–H groups in total. The summed E-state index contributed by atoms with van der Waals surface area (Å²) in [5, 5.41) is 0. The number of likely N-dealkylation sites (tertiary alicyclic amines) is 1. The van der Waals surface area contributed by atoms with Crippen LogP contribution in [0.5, 0.6) is 0 Å². The van der Waals surface area contributed by atoms with Crippen LogP contribution in [0.1, 0.15) is 45.6 Å². The monoisotopic (exact) mass is 469 g/mol. The highest BCUT2D eigenvalue weighted by atomic mass is 35.5. The van der Waals surface area contributed by atoms with Gasteiger partial charge in [0.05, 0.1) is 5.41 Å². The van der Waals surface area contributed by atoms with Crippen LogP contribution in [0.4, 0.5) is 5.69 Å². The molecule has 2 heterocycles. The fourth-order valence-corrected chi connectivity index (χ4v) is 5.55. The van der Waals surface area contributed by atoms with Crippen molar-refractivity contribution in [2.75, 3.05) is 44.2 Å². The fourth-order valence-electron chi connectivity index (χ4n) is 5.55. The number of fused-ring (bicyclic) bond motifs is 2. The first-order valence-corrected chi connectivity index (χ1v) is 11.1. The second-order valence-electron chi connectivity index (χ2n) is 9.96. The Kier molecular flexibility index (Phi) is 8.10. The second kappa shape index (κ2) is 9.68. The molecule has 2 aliphatic heterocycles. The molecule has 2 bridgehead atoms. The van der Waals surface area contributed by atoms with Gasteiger partial charge in [0.2, 0.25) is 11.8 Å². The van der Waals surface area contributed by atoms with Gasteiger partial charge in [-0.3, -0.25) is 19.4 Å². The van der Waals surface area contributed by atoms with E-state index in [9.17, 15) is 9.59 Å². The van der Waals surface area contributed by atoms with Gasteiger partial charge in [-0.15, -0.1) is 24.8 Å². The van der Waals surface area contributed by atoms with Crippen molar-refractivity contribution in [1.29, 1.82) is 0 Å². The molecular formula is C24H37Cl2N3O2.